The number of hydrogen-bond acceptors (Lipinski definition) is 7. The molecule has 34 heavy (non-hydrogen) atoms. The summed E-state index contributed by atoms with van der Waals surface area (Å²) < 4.78 is 21.9. The molecule has 2 bridgehead atoms. The van der Waals surface area contributed by atoms with Crippen LogP contribution in [0.2, 0.25) is 0 Å². The SMILES string of the molecule is C=Cc1cnc2nc3c(n2c1)-c1cnc(N)c(n1)O[C@H](C)c1cc(F)ccc1C(=O)N(C=C)C3. The summed E-state index contributed by atoms with van der Waals surface area (Å²) in [6, 6.07) is 3.90. The Labute approximate surface area is 194 Å². The third-order valence-corrected chi connectivity index (χ3v) is 5.59. The highest BCUT2D eigenvalue weighted by molar-refractivity contribution is 5.96. The van der Waals surface area contributed by atoms with Crippen molar-refractivity contribution in [3.8, 4) is 17.3 Å². The summed E-state index contributed by atoms with van der Waals surface area (Å²) in [7, 11) is 0. The van der Waals surface area contributed by atoms with Gasteiger partial charge in [-0.15, -0.1) is 0 Å². The Morgan fingerprint density at radius 2 is 2.06 bits per heavy atom. The van der Waals surface area contributed by atoms with E-state index >= 15 is 0 Å². The maximum atomic E-state index is 14.1. The van der Waals surface area contributed by atoms with Crippen LogP contribution < -0.4 is 10.5 Å². The summed E-state index contributed by atoms with van der Waals surface area (Å²) >= 11 is 0. The van der Waals surface area contributed by atoms with E-state index in [9.17, 15) is 9.18 Å². The Hall–Kier alpha value is -4.60. The summed E-state index contributed by atoms with van der Waals surface area (Å²) in [5.74, 6) is -0.364. The van der Waals surface area contributed by atoms with Gasteiger partial charge in [0.15, 0.2) is 5.82 Å². The molecule has 2 N–H and O–H groups in total. The second kappa shape index (κ2) is 8.07. The zero-order valence-electron chi connectivity index (χ0n) is 18.3. The van der Waals surface area contributed by atoms with Crippen LogP contribution in [0.4, 0.5) is 10.2 Å². The van der Waals surface area contributed by atoms with E-state index in [1.54, 1.807) is 23.6 Å². The molecular formula is C24H20FN7O2. The molecule has 9 nitrogen and oxygen atoms in total. The van der Waals surface area contributed by atoms with Gasteiger partial charge in [-0.3, -0.25) is 9.20 Å². The summed E-state index contributed by atoms with van der Waals surface area (Å²) in [6.45, 7) is 9.34. The predicted molar refractivity (Wildman–Crippen MR) is 124 cm³/mol. The number of nitrogen functional groups attached to an aromatic ring is 1. The van der Waals surface area contributed by atoms with Crippen molar-refractivity contribution in [1.29, 1.82) is 0 Å². The highest BCUT2D eigenvalue weighted by Gasteiger charge is 2.27. The minimum Gasteiger partial charge on any atom is -0.467 e. The van der Waals surface area contributed by atoms with Gasteiger partial charge in [0.05, 0.1) is 24.1 Å². The average molecular weight is 457 g/mol. The van der Waals surface area contributed by atoms with Gasteiger partial charge in [-0.05, 0) is 25.1 Å². The van der Waals surface area contributed by atoms with Crippen LogP contribution in [0.3, 0.4) is 0 Å². The third kappa shape index (κ3) is 3.45. The van der Waals surface area contributed by atoms with Crippen molar-refractivity contribution >= 4 is 23.6 Å². The molecule has 1 aliphatic heterocycles. The van der Waals surface area contributed by atoms with Crippen molar-refractivity contribution < 1.29 is 13.9 Å². The molecule has 4 aromatic rings. The highest BCUT2D eigenvalue weighted by atomic mass is 19.1. The van der Waals surface area contributed by atoms with E-state index < -0.39 is 11.9 Å². The Balaban J connectivity index is 1.80. The lowest BCUT2D eigenvalue weighted by Crippen LogP contribution is -2.27. The number of amides is 1. The number of nitrogens with zero attached hydrogens (tertiary/aromatic N) is 6. The fraction of sp³-hybridized carbons (Fsp3) is 0.125. The van der Waals surface area contributed by atoms with E-state index in [2.05, 4.69) is 33.1 Å². The first-order valence-corrected chi connectivity index (χ1v) is 10.4. The quantitative estimate of drug-likeness (QED) is 0.487. The van der Waals surface area contributed by atoms with E-state index in [1.807, 2.05) is 6.20 Å². The molecule has 1 atom stereocenters. The number of imidazole rings is 1. The van der Waals surface area contributed by atoms with Gasteiger partial charge in [0.1, 0.15) is 17.6 Å². The number of halogens is 1. The largest absolute Gasteiger partial charge is 0.467 e. The zero-order valence-corrected chi connectivity index (χ0v) is 18.3. The van der Waals surface area contributed by atoms with Crippen molar-refractivity contribution in [1.82, 2.24) is 29.2 Å². The molecule has 4 heterocycles. The molecule has 1 aromatic carbocycles. The maximum absolute atomic E-state index is 14.1. The smallest absolute Gasteiger partial charge is 0.258 e. The van der Waals surface area contributed by atoms with Crippen LogP contribution in [0.15, 0.2) is 56.1 Å². The number of hydrogen-bond donors (Lipinski definition) is 1. The van der Waals surface area contributed by atoms with E-state index in [1.165, 1.54) is 35.5 Å². The van der Waals surface area contributed by atoms with E-state index in [0.29, 0.717) is 28.4 Å². The molecular weight excluding hydrogens is 437 g/mol. The van der Waals surface area contributed by atoms with Crippen LogP contribution in [0, 0.1) is 5.82 Å². The zero-order chi connectivity index (χ0) is 24.0. The molecule has 0 radical (unpaired) electrons. The topological polar surface area (TPSA) is 112 Å². The number of rotatable bonds is 2. The fourth-order valence-electron chi connectivity index (χ4n) is 3.89. The summed E-state index contributed by atoms with van der Waals surface area (Å²) in [6.07, 6.45) is 7.27. The van der Waals surface area contributed by atoms with Gasteiger partial charge in [0.2, 0.25) is 5.78 Å². The van der Waals surface area contributed by atoms with Gasteiger partial charge in [-0.2, -0.15) is 0 Å². The second-order valence-electron chi connectivity index (χ2n) is 7.72. The molecule has 0 unspecified atom stereocenters. The standard InChI is InChI=1S/C24H20FN7O2/c1-4-14-9-28-24-30-19-12-31(5-2)23(33)16-7-6-15(25)8-17(16)13(3)34-22-21(26)27-10-18(29-22)20(19)32(24)11-14/h4-11,13H,1-2,12H2,3H3,(H2,26,27)/t13-/m1/s1. The van der Waals surface area contributed by atoms with Gasteiger partial charge in [-0.1, -0.05) is 19.2 Å². The first-order chi connectivity index (χ1) is 16.4. The summed E-state index contributed by atoms with van der Waals surface area (Å²) in [4.78, 5) is 32.8. The van der Waals surface area contributed by atoms with Crippen molar-refractivity contribution in [2.75, 3.05) is 5.73 Å². The highest BCUT2D eigenvalue weighted by Crippen LogP contribution is 2.32. The number of ether oxygens (including phenoxy) is 1. The first kappa shape index (κ1) is 21.3. The van der Waals surface area contributed by atoms with Crippen LogP contribution in [-0.2, 0) is 6.54 Å². The molecule has 0 fully saturated rings. The van der Waals surface area contributed by atoms with Gasteiger partial charge in [0.25, 0.3) is 11.8 Å². The Kier molecular flexibility index (Phi) is 5.05. The molecule has 3 aromatic heterocycles. The molecule has 0 saturated carbocycles. The number of aromatic nitrogens is 5. The molecule has 0 spiro atoms. The number of anilines is 1. The monoisotopic (exact) mass is 457 g/mol. The van der Waals surface area contributed by atoms with Gasteiger partial charge < -0.3 is 15.4 Å². The molecule has 170 valence electrons. The lowest BCUT2D eigenvalue weighted by molar-refractivity contribution is 0.0807. The fourth-order valence-corrected chi connectivity index (χ4v) is 3.89. The third-order valence-electron chi connectivity index (χ3n) is 5.59. The first-order valence-electron chi connectivity index (χ1n) is 10.4. The Morgan fingerprint density at radius 1 is 1.24 bits per heavy atom. The van der Waals surface area contributed by atoms with Crippen LogP contribution >= 0.6 is 0 Å². The average Bonchev–Trinajstić information content (AvgIpc) is 3.19. The number of carbonyl (C=O) groups is 1. The molecule has 10 heteroatoms. The van der Waals surface area contributed by atoms with E-state index in [-0.39, 0.29) is 29.7 Å². The van der Waals surface area contributed by atoms with Crippen LogP contribution in [0.5, 0.6) is 5.88 Å². The molecule has 0 aliphatic carbocycles. The molecule has 1 amide bonds. The van der Waals surface area contributed by atoms with Crippen LogP contribution in [-0.4, -0.2) is 35.1 Å². The number of carbonyl (C=O) groups excluding carboxylic acids is 1. The van der Waals surface area contributed by atoms with Crippen molar-refractivity contribution in [2.45, 2.75) is 19.6 Å². The van der Waals surface area contributed by atoms with Crippen LogP contribution in [0.25, 0.3) is 23.2 Å². The second-order valence-corrected chi connectivity index (χ2v) is 7.72. The Morgan fingerprint density at radius 3 is 2.82 bits per heavy atom. The van der Waals surface area contributed by atoms with Gasteiger partial charge in [-0.25, -0.2) is 24.3 Å². The van der Waals surface area contributed by atoms with Gasteiger partial charge in [0, 0.05) is 35.3 Å². The Bertz CT molecular complexity index is 1480. The maximum Gasteiger partial charge on any atom is 0.258 e. The van der Waals surface area contributed by atoms with E-state index in [4.69, 9.17) is 10.5 Å². The van der Waals surface area contributed by atoms with Crippen LogP contribution in [0.1, 0.15) is 40.2 Å². The minimum absolute atomic E-state index is 0.0579. The summed E-state index contributed by atoms with van der Waals surface area (Å²) in [5.41, 5.74) is 8.89. The van der Waals surface area contributed by atoms with E-state index in [0.717, 1.165) is 5.56 Å². The summed E-state index contributed by atoms with van der Waals surface area (Å²) in [5, 5.41) is 0. The van der Waals surface area contributed by atoms with Crippen molar-refractivity contribution in [3.63, 3.8) is 0 Å². The van der Waals surface area contributed by atoms with Crippen molar-refractivity contribution in [3.05, 3.63) is 84.3 Å². The minimum atomic E-state index is -0.747. The molecule has 1 aliphatic rings. The number of benzene rings is 1. The predicted octanol–water partition coefficient (Wildman–Crippen LogP) is 3.79. The lowest BCUT2D eigenvalue weighted by atomic mass is 10.0. The molecule has 0 saturated heterocycles. The normalized spacial score (nSPS) is 15.5. The number of fused-ring (bicyclic) bond motifs is 7. The molecule has 5 rings (SSSR count). The van der Waals surface area contributed by atoms with Crippen molar-refractivity contribution in [2.24, 2.45) is 0 Å². The lowest BCUT2D eigenvalue weighted by Gasteiger charge is -2.23. The van der Waals surface area contributed by atoms with Gasteiger partial charge >= 0.3 is 0 Å². The number of nitrogens with two attached hydrogens (primary N) is 1.